The number of carbonyl (C=O) groups is 1. The normalized spacial score (nSPS) is 14.2. The molecule has 0 saturated carbocycles. The molecular formula is C23H29N7O3. The van der Waals surface area contributed by atoms with E-state index < -0.39 is 0 Å². The first-order valence-corrected chi connectivity index (χ1v) is 11.2. The molecule has 4 rings (SSSR count). The average molecular weight is 452 g/mol. The molecular weight excluding hydrogens is 422 g/mol. The van der Waals surface area contributed by atoms with Gasteiger partial charge in [0.2, 0.25) is 0 Å². The lowest BCUT2D eigenvalue weighted by atomic mass is 10.3. The summed E-state index contributed by atoms with van der Waals surface area (Å²) in [5.41, 5.74) is 1.63. The van der Waals surface area contributed by atoms with Crippen LogP contribution in [0.5, 0.6) is 11.5 Å². The Kier molecular flexibility index (Phi) is 7.36. The van der Waals surface area contributed by atoms with Gasteiger partial charge in [0.25, 0.3) is 0 Å². The van der Waals surface area contributed by atoms with Crippen LogP contribution in [0.4, 0.5) is 10.5 Å². The summed E-state index contributed by atoms with van der Waals surface area (Å²) in [7, 11) is 0. The fourth-order valence-electron chi connectivity index (χ4n) is 3.67. The van der Waals surface area contributed by atoms with Crippen molar-refractivity contribution in [1.82, 2.24) is 30.0 Å². The van der Waals surface area contributed by atoms with Crippen molar-refractivity contribution in [3.63, 3.8) is 0 Å². The van der Waals surface area contributed by atoms with Crippen LogP contribution in [0.2, 0.25) is 0 Å². The molecule has 1 N–H and O–H groups in total. The number of ether oxygens (including phenoxy) is 2. The smallest absolute Gasteiger partial charge is 0.321 e. The Labute approximate surface area is 193 Å². The molecule has 2 heterocycles. The van der Waals surface area contributed by atoms with Crippen LogP contribution >= 0.6 is 0 Å². The van der Waals surface area contributed by atoms with Crippen molar-refractivity contribution in [3.8, 4) is 17.2 Å². The molecule has 0 bridgehead atoms. The number of anilines is 1. The van der Waals surface area contributed by atoms with E-state index in [0.29, 0.717) is 32.8 Å². The molecule has 10 nitrogen and oxygen atoms in total. The first-order valence-electron chi connectivity index (χ1n) is 11.2. The van der Waals surface area contributed by atoms with E-state index in [-0.39, 0.29) is 6.03 Å². The summed E-state index contributed by atoms with van der Waals surface area (Å²) in [6, 6.07) is 15.0. The maximum Gasteiger partial charge on any atom is 0.321 e. The molecule has 0 aliphatic carbocycles. The van der Waals surface area contributed by atoms with Crippen LogP contribution in [0, 0.1) is 0 Å². The SMILES string of the molecule is CCOc1ccc(NC(=O)N2CCN(Cc3nnnn3-c3ccc(OCC)cc3)CC2)cc1. The Bertz CT molecular complexity index is 1030. The van der Waals surface area contributed by atoms with E-state index in [1.165, 1.54) is 0 Å². The highest BCUT2D eigenvalue weighted by Crippen LogP contribution is 2.18. The Balaban J connectivity index is 1.29. The topological polar surface area (TPSA) is 97.6 Å². The average Bonchev–Trinajstić information content (AvgIpc) is 3.30. The summed E-state index contributed by atoms with van der Waals surface area (Å²) < 4.78 is 12.7. The fourth-order valence-corrected chi connectivity index (χ4v) is 3.67. The minimum absolute atomic E-state index is 0.0990. The monoisotopic (exact) mass is 451 g/mol. The third kappa shape index (κ3) is 5.78. The number of tetrazole rings is 1. The predicted octanol–water partition coefficient (Wildman–Crippen LogP) is 2.81. The van der Waals surface area contributed by atoms with Gasteiger partial charge in [-0.25, -0.2) is 4.79 Å². The largest absolute Gasteiger partial charge is 0.494 e. The quantitative estimate of drug-likeness (QED) is 0.562. The molecule has 0 radical (unpaired) electrons. The van der Waals surface area contributed by atoms with Crippen LogP contribution in [-0.2, 0) is 6.54 Å². The Morgan fingerprint density at radius 3 is 2.12 bits per heavy atom. The van der Waals surface area contributed by atoms with E-state index in [4.69, 9.17) is 9.47 Å². The molecule has 1 aromatic heterocycles. The third-order valence-electron chi connectivity index (χ3n) is 5.37. The molecule has 2 aromatic carbocycles. The van der Waals surface area contributed by atoms with Crippen LogP contribution in [0.1, 0.15) is 19.7 Å². The van der Waals surface area contributed by atoms with Crippen molar-refractivity contribution in [2.24, 2.45) is 0 Å². The number of nitrogens with one attached hydrogen (secondary N) is 1. The van der Waals surface area contributed by atoms with Gasteiger partial charge < -0.3 is 19.7 Å². The zero-order valence-corrected chi connectivity index (χ0v) is 19.0. The lowest BCUT2D eigenvalue weighted by molar-refractivity contribution is 0.140. The molecule has 174 valence electrons. The predicted molar refractivity (Wildman–Crippen MR) is 124 cm³/mol. The summed E-state index contributed by atoms with van der Waals surface area (Å²) >= 11 is 0. The van der Waals surface area contributed by atoms with Crippen LogP contribution in [0.15, 0.2) is 48.5 Å². The highest BCUT2D eigenvalue weighted by molar-refractivity contribution is 5.89. The van der Waals surface area contributed by atoms with E-state index in [0.717, 1.165) is 41.8 Å². The summed E-state index contributed by atoms with van der Waals surface area (Å²) in [6.07, 6.45) is 0. The molecule has 1 saturated heterocycles. The number of hydrogen-bond donors (Lipinski definition) is 1. The third-order valence-corrected chi connectivity index (χ3v) is 5.37. The molecule has 10 heteroatoms. The number of hydrogen-bond acceptors (Lipinski definition) is 7. The van der Waals surface area contributed by atoms with Gasteiger partial charge in [0.05, 0.1) is 25.4 Å². The van der Waals surface area contributed by atoms with Gasteiger partial charge in [-0.2, -0.15) is 4.68 Å². The van der Waals surface area contributed by atoms with Gasteiger partial charge in [-0.15, -0.1) is 5.10 Å². The highest BCUT2D eigenvalue weighted by Gasteiger charge is 2.23. The number of carbonyl (C=O) groups excluding carboxylic acids is 1. The van der Waals surface area contributed by atoms with E-state index >= 15 is 0 Å². The minimum atomic E-state index is -0.0990. The number of amides is 2. The van der Waals surface area contributed by atoms with Crippen LogP contribution < -0.4 is 14.8 Å². The van der Waals surface area contributed by atoms with Gasteiger partial charge in [0.15, 0.2) is 5.82 Å². The molecule has 0 atom stereocenters. The summed E-state index contributed by atoms with van der Waals surface area (Å²) in [5.74, 6) is 2.36. The zero-order chi connectivity index (χ0) is 23.0. The lowest BCUT2D eigenvalue weighted by Crippen LogP contribution is -2.49. The second-order valence-electron chi connectivity index (χ2n) is 7.58. The standard InChI is InChI=1S/C23H29N7O3/c1-3-32-20-9-5-18(6-10-20)24-23(31)29-15-13-28(14-16-29)17-22-25-26-27-30(22)19-7-11-21(12-8-19)33-4-2/h5-12H,3-4,13-17H2,1-2H3,(H,24,31). The van der Waals surface area contributed by atoms with Gasteiger partial charge in [0.1, 0.15) is 11.5 Å². The van der Waals surface area contributed by atoms with E-state index in [9.17, 15) is 4.79 Å². The van der Waals surface area contributed by atoms with Crippen LogP contribution in [-0.4, -0.2) is 75.4 Å². The maximum absolute atomic E-state index is 12.6. The molecule has 1 aliphatic rings. The Hall–Kier alpha value is -3.66. The lowest BCUT2D eigenvalue weighted by Gasteiger charge is -2.34. The van der Waals surface area contributed by atoms with Crippen LogP contribution in [0.25, 0.3) is 5.69 Å². The second-order valence-corrected chi connectivity index (χ2v) is 7.58. The highest BCUT2D eigenvalue weighted by atomic mass is 16.5. The second kappa shape index (κ2) is 10.8. The molecule has 1 aliphatic heterocycles. The van der Waals surface area contributed by atoms with Gasteiger partial charge in [0, 0.05) is 31.9 Å². The van der Waals surface area contributed by atoms with Crippen molar-refractivity contribution in [3.05, 3.63) is 54.4 Å². The van der Waals surface area contributed by atoms with Crippen molar-refractivity contribution in [2.45, 2.75) is 20.4 Å². The van der Waals surface area contributed by atoms with Crippen molar-refractivity contribution in [1.29, 1.82) is 0 Å². The van der Waals surface area contributed by atoms with Crippen LogP contribution in [0.3, 0.4) is 0 Å². The number of urea groups is 1. The van der Waals surface area contributed by atoms with E-state index in [1.807, 2.05) is 67.3 Å². The number of rotatable bonds is 8. The van der Waals surface area contributed by atoms with Gasteiger partial charge in [-0.3, -0.25) is 4.90 Å². The first kappa shape index (κ1) is 22.5. The molecule has 33 heavy (non-hydrogen) atoms. The van der Waals surface area contributed by atoms with Gasteiger partial charge in [-0.05, 0) is 72.8 Å². The first-order chi connectivity index (χ1) is 16.2. The van der Waals surface area contributed by atoms with Crippen molar-refractivity contribution < 1.29 is 14.3 Å². The molecule has 2 amide bonds. The Morgan fingerprint density at radius 1 is 0.909 bits per heavy atom. The molecule has 1 fully saturated rings. The minimum Gasteiger partial charge on any atom is -0.494 e. The van der Waals surface area contributed by atoms with Gasteiger partial charge in [-0.1, -0.05) is 0 Å². The number of aromatic nitrogens is 4. The maximum atomic E-state index is 12.6. The molecule has 3 aromatic rings. The number of benzene rings is 2. The summed E-state index contributed by atoms with van der Waals surface area (Å²) in [4.78, 5) is 16.7. The number of nitrogens with zero attached hydrogens (tertiary/aromatic N) is 6. The molecule has 0 spiro atoms. The van der Waals surface area contributed by atoms with Crippen molar-refractivity contribution in [2.75, 3.05) is 44.7 Å². The van der Waals surface area contributed by atoms with E-state index in [1.54, 1.807) is 4.68 Å². The molecule has 0 unspecified atom stereocenters. The van der Waals surface area contributed by atoms with Gasteiger partial charge >= 0.3 is 6.03 Å². The Morgan fingerprint density at radius 2 is 1.52 bits per heavy atom. The van der Waals surface area contributed by atoms with Crippen molar-refractivity contribution >= 4 is 11.7 Å². The van der Waals surface area contributed by atoms with E-state index in [2.05, 4.69) is 25.7 Å². The zero-order valence-electron chi connectivity index (χ0n) is 19.0. The summed E-state index contributed by atoms with van der Waals surface area (Å²) in [5, 5.41) is 15.1. The fraction of sp³-hybridized carbons (Fsp3) is 0.391. The summed E-state index contributed by atoms with van der Waals surface area (Å²) in [6.45, 7) is 8.49. The number of piperazine rings is 1.